The minimum atomic E-state index is 0.210. The molecule has 0 saturated carbocycles. The molecule has 90 valence electrons. The molecule has 0 bridgehead atoms. The molecule has 0 aliphatic heterocycles. The van der Waals surface area contributed by atoms with Crippen molar-refractivity contribution in [3.63, 3.8) is 0 Å². The van der Waals surface area contributed by atoms with Crippen LogP contribution in [0.15, 0.2) is 11.9 Å². The van der Waals surface area contributed by atoms with E-state index in [0.717, 1.165) is 12.2 Å². The van der Waals surface area contributed by atoms with Crippen LogP contribution in [0.2, 0.25) is 0 Å². The van der Waals surface area contributed by atoms with Gasteiger partial charge in [0.1, 0.15) is 0 Å². The molecule has 0 heterocycles. The molecular formula is C12H27N3. The van der Waals surface area contributed by atoms with Crippen LogP contribution in [0.1, 0.15) is 41.5 Å². The number of hydrazine groups is 1. The summed E-state index contributed by atoms with van der Waals surface area (Å²) in [5, 5.41) is 2.04. The molecule has 3 nitrogen and oxygen atoms in total. The molecule has 0 saturated heterocycles. The Hall–Kier alpha value is -0.700. The van der Waals surface area contributed by atoms with E-state index in [1.54, 1.807) is 0 Å². The van der Waals surface area contributed by atoms with E-state index in [0.29, 0.717) is 0 Å². The van der Waals surface area contributed by atoms with Crippen LogP contribution in [0.5, 0.6) is 0 Å². The number of rotatable bonds is 4. The summed E-state index contributed by atoms with van der Waals surface area (Å²) in [4.78, 5) is 0. The van der Waals surface area contributed by atoms with Gasteiger partial charge in [0.15, 0.2) is 0 Å². The van der Waals surface area contributed by atoms with Crippen LogP contribution < -0.4 is 11.2 Å². The minimum absolute atomic E-state index is 0.210. The molecule has 0 atom stereocenters. The van der Waals surface area contributed by atoms with Crippen LogP contribution in [-0.2, 0) is 0 Å². The summed E-state index contributed by atoms with van der Waals surface area (Å²) in [6.07, 6.45) is 1.94. The Morgan fingerprint density at radius 2 is 1.73 bits per heavy atom. The molecule has 0 rings (SSSR count). The summed E-state index contributed by atoms with van der Waals surface area (Å²) in [6.45, 7) is 14.2. The van der Waals surface area contributed by atoms with Crippen molar-refractivity contribution in [2.45, 2.75) is 41.5 Å². The van der Waals surface area contributed by atoms with Gasteiger partial charge in [-0.3, -0.25) is 0 Å². The van der Waals surface area contributed by atoms with Gasteiger partial charge in [-0.25, -0.2) is 5.43 Å². The van der Waals surface area contributed by atoms with Crippen LogP contribution in [0.25, 0.3) is 0 Å². The van der Waals surface area contributed by atoms with Crippen molar-refractivity contribution in [3.05, 3.63) is 11.9 Å². The number of allylic oxidation sites excluding steroid dienone is 1. The standard InChI is InChI=1S/C12H27N3/c1-10(13)8-15(14-7)9-12(5,6)11(2,3)4/h8,14H,9,13H2,1-7H3/b10-8-. The van der Waals surface area contributed by atoms with E-state index in [4.69, 9.17) is 5.73 Å². The lowest BCUT2D eigenvalue weighted by atomic mass is 9.69. The molecule has 3 heteroatoms. The Morgan fingerprint density at radius 3 is 2.00 bits per heavy atom. The minimum Gasteiger partial charge on any atom is -0.401 e. The Morgan fingerprint density at radius 1 is 1.27 bits per heavy atom. The number of nitrogens with two attached hydrogens (primary N) is 1. The maximum absolute atomic E-state index is 5.68. The highest BCUT2D eigenvalue weighted by Gasteiger charge is 2.33. The van der Waals surface area contributed by atoms with Crippen LogP contribution in [0.3, 0.4) is 0 Å². The van der Waals surface area contributed by atoms with E-state index in [2.05, 4.69) is 40.0 Å². The SMILES string of the molecule is CNN(/C=C(/C)N)CC(C)(C)C(C)(C)C. The van der Waals surface area contributed by atoms with Gasteiger partial charge in [0.25, 0.3) is 0 Å². The van der Waals surface area contributed by atoms with Crippen molar-refractivity contribution in [1.82, 2.24) is 10.4 Å². The molecule has 0 amide bonds. The second-order valence-corrected chi connectivity index (χ2v) is 5.86. The van der Waals surface area contributed by atoms with Crippen LogP contribution >= 0.6 is 0 Å². The van der Waals surface area contributed by atoms with Gasteiger partial charge < -0.3 is 10.7 Å². The zero-order chi connectivity index (χ0) is 12.3. The summed E-state index contributed by atoms with van der Waals surface area (Å²) < 4.78 is 0. The van der Waals surface area contributed by atoms with Crippen LogP contribution in [0.4, 0.5) is 0 Å². The number of hydrogen-bond donors (Lipinski definition) is 2. The summed E-state index contributed by atoms with van der Waals surface area (Å²) in [6, 6.07) is 0. The van der Waals surface area contributed by atoms with Crippen molar-refractivity contribution in [3.8, 4) is 0 Å². The molecule has 0 radical (unpaired) electrons. The number of hydrogen-bond acceptors (Lipinski definition) is 3. The molecule has 3 N–H and O–H groups in total. The molecule has 0 spiro atoms. The quantitative estimate of drug-likeness (QED) is 0.704. The monoisotopic (exact) mass is 213 g/mol. The molecule has 0 aliphatic rings. The van der Waals surface area contributed by atoms with Gasteiger partial charge in [-0.15, -0.1) is 0 Å². The molecule has 0 aromatic carbocycles. The number of nitrogens with zero attached hydrogens (tertiary/aromatic N) is 1. The Kier molecular flexibility index (Phi) is 4.65. The van der Waals surface area contributed by atoms with Crippen molar-refractivity contribution in [2.24, 2.45) is 16.6 Å². The van der Waals surface area contributed by atoms with Gasteiger partial charge in [0.2, 0.25) is 0 Å². The van der Waals surface area contributed by atoms with Gasteiger partial charge in [0.05, 0.1) is 0 Å². The molecule has 0 aromatic rings. The molecule has 0 aromatic heterocycles. The van der Waals surface area contributed by atoms with E-state index in [9.17, 15) is 0 Å². The lowest BCUT2D eigenvalue weighted by Gasteiger charge is -2.42. The van der Waals surface area contributed by atoms with Gasteiger partial charge in [0, 0.05) is 25.5 Å². The van der Waals surface area contributed by atoms with E-state index >= 15 is 0 Å². The highest BCUT2D eigenvalue weighted by Crippen LogP contribution is 2.38. The van der Waals surface area contributed by atoms with E-state index in [-0.39, 0.29) is 10.8 Å². The van der Waals surface area contributed by atoms with Gasteiger partial charge in [-0.05, 0) is 17.8 Å². The fourth-order valence-electron chi connectivity index (χ4n) is 1.10. The maximum Gasteiger partial charge on any atom is 0.0394 e. The summed E-state index contributed by atoms with van der Waals surface area (Å²) >= 11 is 0. The van der Waals surface area contributed by atoms with E-state index < -0.39 is 0 Å². The third-order valence-electron chi connectivity index (χ3n) is 3.24. The smallest absolute Gasteiger partial charge is 0.0394 e. The molecule has 15 heavy (non-hydrogen) atoms. The lowest BCUT2D eigenvalue weighted by Crippen LogP contribution is -2.44. The average Bonchev–Trinajstić information content (AvgIpc) is 1.99. The summed E-state index contributed by atoms with van der Waals surface area (Å²) in [5.74, 6) is 0. The third kappa shape index (κ3) is 4.56. The Bertz CT molecular complexity index is 220. The highest BCUT2D eigenvalue weighted by molar-refractivity contribution is 4.93. The largest absolute Gasteiger partial charge is 0.401 e. The Labute approximate surface area is 94.7 Å². The van der Waals surface area contributed by atoms with E-state index in [1.165, 1.54) is 0 Å². The van der Waals surface area contributed by atoms with Crippen molar-refractivity contribution >= 4 is 0 Å². The maximum atomic E-state index is 5.68. The predicted octanol–water partition coefficient (Wildman–Crippen LogP) is 2.32. The van der Waals surface area contributed by atoms with E-state index in [1.807, 2.05) is 25.2 Å². The second-order valence-electron chi connectivity index (χ2n) is 5.86. The molecule has 0 unspecified atom stereocenters. The van der Waals surface area contributed by atoms with Crippen molar-refractivity contribution < 1.29 is 0 Å². The predicted molar refractivity (Wildman–Crippen MR) is 66.9 cm³/mol. The van der Waals surface area contributed by atoms with Crippen molar-refractivity contribution in [1.29, 1.82) is 0 Å². The lowest BCUT2D eigenvalue weighted by molar-refractivity contribution is 0.0743. The van der Waals surface area contributed by atoms with Gasteiger partial charge in [-0.2, -0.15) is 0 Å². The topological polar surface area (TPSA) is 41.3 Å². The summed E-state index contributed by atoms with van der Waals surface area (Å²) in [5.41, 5.74) is 10.1. The first-order chi connectivity index (χ1) is 6.60. The first-order valence-electron chi connectivity index (χ1n) is 5.48. The first kappa shape index (κ1) is 14.3. The van der Waals surface area contributed by atoms with Gasteiger partial charge >= 0.3 is 0 Å². The average molecular weight is 213 g/mol. The van der Waals surface area contributed by atoms with Crippen LogP contribution in [-0.4, -0.2) is 18.6 Å². The normalized spacial score (nSPS) is 14.2. The van der Waals surface area contributed by atoms with Crippen LogP contribution in [0, 0.1) is 10.8 Å². The summed E-state index contributed by atoms with van der Waals surface area (Å²) in [7, 11) is 1.91. The molecular weight excluding hydrogens is 186 g/mol. The Balaban J connectivity index is 4.62. The van der Waals surface area contributed by atoms with Crippen molar-refractivity contribution in [2.75, 3.05) is 13.6 Å². The number of nitrogens with one attached hydrogen (secondary N) is 1. The highest BCUT2D eigenvalue weighted by atomic mass is 15.5. The van der Waals surface area contributed by atoms with Gasteiger partial charge in [-0.1, -0.05) is 34.6 Å². The zero-order valence-electron chi connectivity index (χ0n) is 11.3. The third-order valence-corrected chi connectivity index (χ3v) is 3.24. The fourth-order valence-corrected chi connectivity index (χ4v) is 1.10. The molecule has 0 fully saturated rings. The second kappa shape index (κ2) is 4.88. The molecule has 0 aliphatic carbocycles. The first-order valence-corrected chi connectivity index (χ1v) is 5.48. The zero-order valence-corrected chi connectivity index (χ0v) is 11.3. The fraction of sp³-hybridized carbons (Fsp3) is 0.833.